The van der Waals surface area contributed by atoms with Crippen LogP contribution in [0.25, 0.3) is 0 Å². The van der Waals surface area contributed by atoms with Gasteiger partial charge in [0, 0.05) is 0 Å². The molecule has 0 aromatic heterocycles. The predicted molar refractivity (Wildman–Crippen MR) is 36.8 cm³/mol. The van der Waals surface area contributed by atoms with Crippen molar-refractivity contribution in [2.24, 2.45) is 11.8 Å². The Morgan fingerprint density at radius 3 is 2.00 bits per heavy atom. The molecule has 1 rings (SSSR count). The SMILES string of the molecule is CC1CC(S(=O)(=O)F)C1C. The molecule has 0 heterocycles. The smallest absolute Gasteiger partial charge is 0.195 e. The minimum Gasteiger partial charge on any atom is -0.195 e. The van der Waals surface area contributed by atoms with Crippen molar-refractivity contribution < 1.29 is 12.3 Å². The highest BCUT2D eigenvalue weighted by molar-refractivity contribution is 7.87. The van der Waals surface area contributed by atoms with Crippen LogP contribution in [0.3, 0.4) is 0 Å². The maximum Gasteiger partial charge on any atom is 0.305 e. The summed E-state index contributed by atoms with van der Waals surface area (Å²) in [6, 6.07) is 0. The van der Waals surface area contributed by atoms with Gasteiger partial charge in [-0.25, -0.2) is 0 Å². The second-order valence-electron chi connectivity index (χ2n) is 3.09. The molecule has 0 radical (unpaired) electrons. The zero-order chi connectivity index (χ0) is 7.94. The van der Waals surface area contributed by atoms with Gasteiger partial charge < -0.3 is 0 Å². The molecule has 3 atom stereocenters. The molecule has 1 aliphatic rings. The van der Waals surface area contributed by atoms with E-state index in [1.54, 1.807) is 6.92 Å². The van der Waals surface area contributed by atoms with E-state index in [4.69, 9.17) is 0 Å². The first-order valence-electron chi connectivity index (χ1n) is 3.36. The first-order valence-corrected chi connectivity index (χ1v) is 4.81. The normalized spacial score (nSPS) is 40.9. The summed E-state index contributed by atoms with van der Waals surface area (Å²) in [5.41, 5.74) is 0. The largest absolute Gasteiger partial charge is 0.305 e. The zero-order valence-electron chi connectivity index (χ0n) is 6.04. The average molecular weight is 166 g/mol. The minimum atomic E-state index is -4.25. The van der Waals surface area contributed by atoms with Gasteiger partial charge in [0.1, 0.15) is 0 Å². The second kappa shape index (κ2) is 2.19. The van der Waals surface area contributed by atoms with Gasteiger partial charge >= 0.3 is 10.2 Å². The van der Waals surface area contributed by atoms with Crippen molar-refractivity contribution in [2.45, 2.75) is 25.5 Å². The van der Waals surface area contributed by atoms with Gasteiger partial charge in [0.05, 0.1) is 5.25 Å². The van der Waals surface area contributed by atoms with Crippen LogP contribution in [0.15, 0.2) is 0 Å². The number of hydrogen-bond donors (Lipinski definition) is 0. The summed E-state index contributed by atoms with van der Waals surface area (Å²) in [4.78, 5) is 0. The van der Waals surface area contributed by atoms with Gasteiger partial charge in [-0.1, -0.05) is 13.8 Å². The van der Waals surface area contributed by atoms with Gasteiger partial charge in [-0.2, -0.15) is 8.42 Å². The predicted octanol–water partition coefficient (Wildman–Crippen LogP) is 1.33. The Labute approximate surface area is 60.6 Å². The van der Waals surface area contributed by atoms with E-state index in [-0.39, 0.29) is 5.92 Å². The Morgan fingerprint density at radius 1 is 1.40 bits per heavy atom. The van der Waals surface area contributed by atoms with E-state index in [1.165, 1.54) is 0 Å². The van der Waals surface area contributed by atoms with E-state index >= 15 is 0 Å². The summed E-state index contributed by atoms with van der Waals surface area (Å²) < 4.78 is 32.8. The van der Waals surface area contributed by atoms with Crippen LogP contribution >= 0.6 is 0 Å². The number of rotatable bonds is 1. The molecule has 60 valence electrons. The van der Waals surface area contributed by atoms with Crippen LogP contribution < -0.4 is 0 Å². The van der Waals surface area contributed by atoms with Crippen molar-refractivity contribution in [3.63, 3.8) is 0 Å². The van der Waals surface area contributed by atoms with Crippen molar-refractivity contribution in [3.05, 3.63) is 0 Å². The molecule has 4 heteroatoms. The van der Waals surface area contributed by atoms with E-state index in [9.17, 15) is 12.3 Å². The van der Waals surface area contributed by atoms with Crippen molar-refractivity contribution in [1.82, 2.24) is 0 Å². The van der Waals surface area contributed by atoms with Crippen LogP contribution in [0.2, 0.25) is 0 Å². The summed E-state index contributed by atoms with van der Waals surface area (Å²) in [6.07, 6.45) is 0.486. The first kappa shape index (κ1) is 7.98. The fraction of sp³-hybridized carbons (Fsp3) is 1.00. The maximum absolute atomic E-state index is 12.2. The van der Waals surface area contributed by atoms with Gasteiger partial charge in [-0.3, -0.25) is 0 Å². The van der Waals surface area contributed by atoms with Gasteiger partial charge in [-0.05, 0) is 18.3 Å². The monoisotopic (exact) mass is 166 g/mol. The highest BCUT2D eigenvalue weighted by Crippen LogP contribution is 2.39. The second-order valence-corrected chi connectivity index (χ2v) is 4.64. The van der Waals surface area contributed by atoms with Crippen LogP contribution in [-0.4, -0.2) is 13.7 Å². The van der Waals surface area contributed by atoms with E-state index in [0.717, 1.165) is 0 Å². The summed E-state index contributed by atoms with van der Waals surface area (Å²) in [6.45, 7) is 3.71. The molecular formula is C6H11FO2S. The summed E-state index contributed by atoms with van der Waals surface area (Å²) in [5, 5.41) is -0.720. The van der Waals surface area contributed by atoms with Crippen molar-refractivity contribution >= 4 is 10.2 Å². The molecule has 0 spiro atoms. The highest BCUT2D eigenvalue weighted by atomic mass is 32.3. The Balaban J connectivity index is 2.65. The molecule has 10 heavy (non-hydrogen) atoms. The molecule has 3 unspecified atom stereocenters. The molecule has 0 aromatic carbocycles. The molecule has 0 saturated heterocycles. The highest BCUT2D eigenvalue weighted by Gasteiger charge is 2.43. The lowest BCUT2D eigenvalue weighted by Gasteiger charge is -2.37. The maximum atomic E-state index is 12.2. The van der Waals surface area contributed by atoms with E-state index < -0.39 is 15.5 Å². The molecule has 1 aliphatic carbocycles. The fourth-order valence-electron chi connectivity index (χ4n) is 1.34. The van der Waals surface area contributed by atoms with Gasteiger partial charge in [-0.15, -0.1) is 3.89 Å². The van der Waals surface area contributed by atoms with Gasteiger partial charge in [0.2, 0.25) is 0 Å². The molecule has 0 N–H and O–H groups in total. The van der Waals surface area contributed by atoms with Crippen LogP contribution in [0.4, 0.5) is 3.89 Å². The molecule has 2 nitrogen and oxygen atoms in total. The van der Waals surface area contributed by atoms with Crippen molar-refractivity contribution in [1.29, 1.82) is 0 Å². The van der Waals surface area contributed by atoms with E-state index in [1.807, 2.05) is 6.92 Å². The molecule has 0 bridgehead atoms. The molecular weight excluding hydrogens is 155 g/mol. The topological polar surface area (TPSA) is 34.1 Å². The Kier molecular flexibility index (Phi) is 1.75. The Bertz CT molecular complexity index is 222. The van der Waals surface area contributed by atoms with Crippen LogP contribution in [-0.2, 0) is 10.2 Å². The quantitative estimate of drug-likeness (QED) is 0.551. The van der Waals surface area contributed by atoms with Crippen molar-refractivity contribution in [3.8, 4) is 0 Å². The van der Waals surface area contributed by atoms with E-state index in [0.29, 0.717) is 12.3 Å². The zero-order valence-corrected chi connectivity index (χ0v) is 6.86. The van der Waals surface area contributed by atoms with Crippen LogP contribution in [0.5, 0.6) is 0 Å². The molecule has 0 amide bonds. The van der Waals surface area contributed by atoms with Crippen molar-refractivity contribution in [2.75, 3.05) is 0 Å². The Morgan fingerprint density at radius 2 is 1.90 bits per heavy atom. The number of hydrogen-bond acceptors (Lipinski definition) is 2. The molecule has 0 aromatic rings. The third-order valence-corrected chi connectivity index (χ3v) is 3.79. The van der Waals surface area contributed by atoms with E-state index in [2.05, 4.69) is 0 Å². The number of halogens is 1. The lowest BCUT2D eigenvalue weighted by atomic mass is 9.76. The van der Waals surface area contributed by atoms with Gasteiger partial charge in [0.25, 0.3) is 0 Å². The lowest BCUT2D eigenvalue weighted by Crippen LogP contribution is -2.41. The summed E-state index contributed by atoms with van der Waals surface area (Å²) in [5.74, 6) is 0.352. The third-order valence-electron chi connectivity index (χ3n) is 2.45. The Hall–Kier alpha value is -0.120. The lowest BCUT2D eigenvalue weighted by molar-refractivity contribution is 0.218. The first-order chi connectivity index (χ1) is 4.43. The minimum absolute atomic E-state index is 0.00463. The van der Waals surface area contributed by atoms with Crippen LogP contribution in [0, 0.1) is 11.8 Å². The molecule has 1 saturated carbocycles. The average Bonchev–Trinajstić information content (AvgIpc) is 1.79. The summed E-state index contributed by atoms with van der Waals surface area (Å²) >= 11 is 0. The summed E-state index contributed by atoms with van der Waals surface area (Å²) in [7, 11) is -4.25. The molecule has 1 fully saturated rings. The molecule has 0 aliphatic heterocycles. The third kappa shape index (κ3) is 1.17. The van der Waals surface area contributed by atoms with Crippen LogP contribution in [0.1, 0.15) is 20.3 Å². The fourth-order valence-corrected chi connectivity index (χ4v) is 2.65. The van der Waals surface area contributed by atoms with Gasteiger partial charge in [0.15, 0.2) is 0 Å². The standard InChI is InChI=1S/C6H11FO2S/c1-4-3-6(5(4)2)10(7,8)9/h4-6H,3H2,1-2H3.